The van der Waals surface area contributed by atoms with Gasteiger partial charge >= 0.3 is 0 Å². The summed E-state index contributed by atoms with van der Waals surface area (Å²) in [5.74, 6) is 1.30. The highest BCUT2D eigenvalue weighted by molar-refractivity contribution is 6.00. The molecule has 0 radical (unpaired) electrons. The van der Waals surface area contributed by atoms with Crippen molar-refractivity contribution >= 4 is 11.5 Å². The Kier molecular flexibility index (Phi) is 3.90. The lowest BCUT2D eigenvalue weighted by Crippen LogP contribution is -2.39. The first kappa shape index (κ1) is 13.6. The predicted octanol–water partition coefficient (Wildman–Crippen LogP) is 3.24. The fourth-order valence-electron chi connectivity index (χ4n) is 3.02. The van der Waals surface area contributed by atoms with Crippen molar-refractivity contribution in [1.82, 2.24) is 0 Å². The average molecular weight is 256 g/mol. The normalized spacial score (nSPS) is 22.9. The Morgan fingerprint density at radius 1 is 1.32 bits per heavy atom. The van der Waals surface area contributed by atoms with Gasteiger partial charge in [0.1, 0.15) is 0 Å². The number of nitrogens with zero attached hydrogens (tertiary/aromatic N) is 2. The van der Waals surface area contributed by atoms with E-state index in [0.29, 0.717) is 17.4 Å². The molecule has 1 heterocycles. The molecule has 1 saturated heterocycles. The smallest absolute Gasteiger partial charge is 0.161 e. The van der Waals surface area contributed by atoms with Gasteiger partial charge in [-0.3, -0.25) is 4.79 Å². The zero-order chi connectivity index (χ0) is 14.0. The second-order valence-electron chi connectivity index (χ2n) is 5.75. The van der Waals surface area contributed by atoms with Crippen LogP contribution >= 0.6 is 0 Å². The van der Waals surface area contributed by atoms with Gasteiger partial charge in [0.15, 0.2) is 5.78 Å². The van der Waals surface area contributed by atoms with Crippen LogP contribution in [-0.4, -0.2) is 18.9 Å². The van der Waals surface area contributed by atoms with Crippen molar-refractivity contribution in [2.24, 2.45) is 11.8 Å². The van der Waals surface area contributed by atoms with E-state index in [1.54, 1.807) is 19.1 Å². The topological polar surface area (TPSA) is 44.1 Å². The van der Waals surface area contributed by atoms with Gasteiger partial charge in [0.05, 0.1) is 11.6 Å². The molecule has 1 fully saturated rings. The lowest BCUT2D eigenvalue weighted by Gasteiger charge is -2.37. The highest BCUT2D eigenvalue weighted by Gasteiger charge is 2.24. The Morgan fingerprint density at radius 3 is 2.47 bits per heavy atom. The second-order valence-corrected chi connectivity index (χ2v) is 5.75. The van der Waals surface area contributed by atoms with E-state index in [2.05, 4.69) is 24.8 Å². The van der Waals surface area contributed by atoms with E-state index < -0.39 is 0 Å². The number of nitriles is 1. The summed E-state index contributed by atoms with van der Waals surface area (Å²) in [6.07, 6.45) is 1.23. The van der Waals surface area contributed by atoms with Gasteiger partial charge in [0, 0.05) is 24.3 Å². The summed E-state index contributed by atoms with van der Waals surface area (Å²) in [6, 6.07) is 7.50. The van der Waals surface area contributed by atoms with Crippen LogP contribution in [0.2, 0.25) is 0 Å². The molecule has 0 spiro atoms. The molecule has 0 aromatic heterocycles. The van der Waals surface area contributed by atoms with Crippen molar-refractivity contribution in [2.45, 2.75) is 27.2 Å². The van der Waals surface area contributed by atoms with E-state index in [-0.39, 0.29) is 5.78 Å². The molecule has 0 aliphatic carbocycles. The van der Waals surface area contributed by atoms with Crippen LogP contribution in [0.25, 0.3) is 0 Å². The molecule has 19 heavy (non-hydrogen) atoms. The number of anilines is 1. The monoisotopic (exact) mass is 256 g/mol. The van der Waals surface area contributed by atoms with Gasteiger partial charge in [-0.15, -0.1) is 0 Å². The van der Waals surface area contributed by atoms with Crippen LogP contribution in [0, 0.1) is 23.2 Å². The van der Waals surface area contributed by atoms with Gasteiger partial charge in [-0.1, -0.05) is 13.8 Å². The summed E-state index contributed by atoms with van der Waals surface area (Å²) in [6.45, 7) is 7.98. The molecule has 2 atom stereocenters. The molecule has 1 aliphatic rings. The van der Waals surface area contributed by atoms with E-state index >= 15 is 0 Å². The number of ketones is 1. The minimum atomic E-state index is 0.0605. The molecular weight excluding hydrogens is 236 g/mol. The highest BCUT2D eigenvalue weighted by atomic mass is 16.1. The standard InChI is InChI=1S/C16H20N2O/c1-11-6-12(2)10-18(9-11)16-7-14(8-17)4-5-15(16)13(3)19/h4-5,7,11-12H,6,9-10H2,1-3H3. The number of hydrogen-bond acceptors (Lipinski definition) is 3. The van der Waals surface area contributed by atoms with Crippen LogP contribution in [0.5, 0.6) is 0 Å². The van der Waals surface area contributed by atoms with Crippen molar-refractivity contribution < 1.29 is 4.79 Å². The first-order chi connectivity index (χ1) is 9.01. The third kappa shape index (κ3) is 2.96. The molecule has 1 aromatic carbocycles. The minimum absolute atomic E-state index is 0.0605. The van der Waals surface area contributed by atoms with E-state index in [9.17, 15) is 4.79 Å². The minimum Gasteiger partial charge on any atom is -0.370 e. The fraction of sp³-hybridized carbons (Fsp3) is 0.500. The SMILES string of the molecule is CC(=O)c1ccc(C#N)cc1N1CC(C)CC(C)C1. The molecule has 1 aliphatic heterocycles. The Morgan fingerprint density at radius 2 is 1.95 bits per heavy atom. The summed E-state index contributed by atoms with van der Waals surface area (Å²) < 4.78 is 0. The van der Waals surface area contributed by atoms with Crippen molar-refractivity contribution in [1.29, 1.82) is 5.26 Å². The van der Waals surface area contributed by atoms with Crippen LogP contribution in [0.3, 0.4) is 0 Å². The van der Waals surface area contributed by atoms with Crippen LogP contribution in [-0.2, 0) is 0 Å². The van der Waals surface area contributed by atoms with Crippen LogP contribution in [0.4, 0.5) is 5.69 Å². The maximum absolute atomic E-state index is 11.8. The van der Waals surface area contributed by atoms with Gasteiger partial charge in [-0.25, -0.2) is 0 Å². The van der Waals surface area contributed by atoms with Gasteiger partial charge < -0.3 is 4.90 Å². The number of carbonyl (C=O) groups is 1. The van der Waals surface area contributed by atoms with E-state index in [0.717, 1.165) is 24.3 Å². The van der Waals surface area contributed by atoms with E-state index in [4.69, 9.17) is 5.26 Å². The van der Waals surface area contributed by atoms with E-state index in [1.807, 2.05) is 6.07 Å². The molecular formula is C16H20N2O. The van der Waals surface area contributed by atoms with Crippen LogP contribution < -0.4 is 4.90 Å². The molecule has 100 valence electrons. The lowest BCUT2D eigenvalue weighted by atomic mass is 9.90. The Hall–Kier alpha value is -1.82. The number of carbonyl (C=O) groups excluding carboxylic acids is 1. The summed E-state index contributed by atoms with van der Waals surface area (Å²) >= 11 is 0. The van der Waals surface area contributed by atoms with Gasteiger partial charge in [0.25, 0.3) is 0 Å². The maximum atomic E-state index is 11.8. The summed E-state index contributed by atoms with van der Waals surface area (Å²) in [5.41, 5.74) is 2.26. The Balaban J connectivity index is 2.41. The summed E-state index contributed by atoms with van der Waals surface area (Å²) in [7, 11) is 0. The average Bonchev–Trinajstić information content (AvgIpc) is 2.36. The first-order valence-electron chi connectivity index (χ1n) is 6.81. The molecule has 2 rings (SSSR count). The van der Waals surface area contributed by atoms with Crippen LogP contribution in [0.15, 0.2) is 18.2 Å². The number of hydrogen-bond donors (Lipinski definition) is 0. The first-order valence-corrected chi connectivity index (χ1v) is 6.81. The molecule has 0 amide bonds. The van der Waals surface area contributed by atoms with Crippen molar-refractivity contribution in [2.75, 3.05) is 18.0 Å². The Bertz CT molecular complexity index is 520. The van der Waals surface area contributed by atoms with Crippen molar-refractivity contribution in [3.8, 4) is 6.07 Å². The molecule has 3 nitrogen and oxygen atoms in total. The molecule has 0 N–H and O–H groups in total. The van der Waals surface area contributed by atoms with Gasteiger partial charge in [-0.05, 0) is 43.4 Å². The number of Topliss-reactive ketones (excluding diaryl/α,β-unsaturated/α-hetero) is 1. The molecule has 1 aromatic rings. The van der Waals surface area contributed by atoms with Gasteiger partial charge in [0.2, 0.25) is 0 Å². The molecule has 2 unspecified atom stereocenters. The molecule has 0 saturated carbocycles. The van der Waals surface area contributed by atoms with E-state index in [1.165, 1.54) is 6.42 Å². The summed E-state index contributed by atoms with van der Waals surface area (Å²) in [5, 5.41) is 9.04. The largest absolute Gasteiger partial charge is 0.370 e. The second kappa shape index (κ2) is 5.44. The Labute approximate surface area is 114 Å². The van der Waals surface area contributed by atoms with Crippen molar-refractivity contribution in [3.05, 3.63) is 29.3 Å². The highest BCUT2D eigenvalue weighted by Crippen LogP contribution is 2.29. The number of rotatable bonds is 2. The quantitative estimate of drug-likeness (QED) is 0.763. The predicted molar refractivity (Wildman–Crippen MR) is 76.3 cm³/mol. The molecule has 0 bridgehead atoms. The number of piperidine rings is 1. The zero-order valence-corrected chi connectivity index (χ0v) is 11.8. The maximum Gasteiger partial charge on any atom is 0.161 e. The fourth-order valence-corrected chi connectivity index (χ4v) is 3.02. The zero-order valence-electron chi connectivity index (χ0n) is 11.8. The summed E-state index contributed by atoms with van der Waals surface area (Å²) in [4.78, 5) is 14.0. The van der Waals surface area contributed by atoms with Crippen molar-refractivity contribution in [3.63, 3.8) is 0 Å². The number of benzene rings is 1. The van der Waals surface area contributed by atoms with Gasteiger partial charge in [-0.2, -0.15) is 5.26 Å². The van der Waals surface area contributed by atoms with Crippen LogP contribution in [0.1, 0.15) is 43.1 Å². The molecule has 3 heteroatoms. The third-order valence-electron chi connectivity index (χ3n) is 3.72. The third-order valence-corrected chi connectivity index (χ3v) is 3.72. The lowest BCUT2D eigenvalue weighted by molar-refractivity contribution is 0.101.